The van der Waals surface area contributed by atoms with Gasteiger partial charge in [0.25, 0.3) is 5.91 Å². The Bertz CT molecular complexity index is 792. The second-order valence-corrected chi connectivity index (χ2v) is 7.95. The number of H-pyrrole nitrogens is 1. The number of hydrogen-bond acceptors (Lipinski definition) is 3. The van der Waals surface area contributed by atoms with Crippen LogP contribution in [0.4, 0.5) is 0 Å². The van der Waals surface area contributed by atoms with Crippen LogP contribution in [0.15, 0.2) is 36.7 Å². The van der Waals surface area contributed by atoms with Crippen LogP contribution in [0.1, 0.15) is 37.6 Å². The molecule has 2 amide bonds. The number of imidazole rings is 1. The van der Waals surface area contributed by atoms with Gasteiger partial charge in [0, 0.05) is 61.5 Å². The summed E-state index contributed by atoms with van der Waals surface area (Å²) in [5, 5.41) is 0. The molecule has 1 N–H and O–H groups in total. The maximum absolute atomic E-state index is 12.8. The summed E-state index contributed by atoms with van der Waals surface area (Å²) in [6, 6.07) is 7.44. The van der Waals surface area contributed by atoms with Crippen LogP contribution in [0.5, 0.6) is 0 Å². The van der Waals surface area contributed by atoms with Gasteiger partial charge in [0.2, 0.25) is 5.91 Å². The van der Waals surface area contributed by atoms with Gasteiger partial charge < -0.3 is 14.8 Å². The molecular formula is C20H26N4O2. The molecule has 6 nitrogen and oxygen atoms in total. The fourth-order valence-corrected chi connectivity index (χ4v) is 3.47. The molecule has 26 heavy (non-hydrogen) atoms. The highest BCUT2D eigenvalue weighted by Gasteiger charge is 2.36. The summed E-state index contributed by atoms with van der Waals surface area (Å²) in [6.07, 6.45) is 3.95. The Morgan fingerprint density at radius 3 is 2.77 bits per heavy atom. The van der Waals surface area contributed by atoms with Crippen LogP contribution in [-0.4, -0.2) is 57.3 Å². The number of rotatable bonds is 4. The third kappa shape index (κ3) is 3.79. The van der Waals surface area contributed by atoms with Gasteiger partial charge in [-0.1, -0.05) is 12.1 Å². The van der Waals surface area contributed by atoms with Gasteiger partial charge in [-0.15, -0.1) is 0 Å². The molecule has 0 radical (unpaired) electrons. The van der Waals surface area contributed by atoms with Gasteiger partial charge in [-0.05, 0) is 32.9 Å². The van der Waals surface area contributed by atoms with Crippen molar-refractivity contribution in [1.82, 2.24) is 19.8 Å². The number of aromatic amines is 1. The molecule has 0 aliphatic carbocycles. The van der Waals surface area contributed by atoms with E-state index in [4.69, 9.17) is 0 Å². The number of benzene rings is 1. The second-order valence-electron chi connectivity index (χ2n) is 7.95. The molecular weight excluding hydrogens is 328 g/mol. The molecule has 2 heterocycles. The number of carbonyl (C=O) groups is 2. The first-order valence-corrected chi connectivity index (χ1v) is 8.91. The predicted molar refractivity (Wildman–Crippen MR) is 101 cm³/mol. The minimum atomic E-state index is -0.175. The van der Waals surface area contributed by atoms with Crippen molar-refractivity contribution < 1.29 is 9.59 Å². The van der Waals surface area contributed by atoms with Gasteiger partial charge >= 0.3 is 0 Å². The quantitative estimate of drug-likeness (QED) is 0.918. The number of nitrogens with zero attached hydrogens (tertiary/aromatic N) is 3. The zero-order valence-electron chi connectivity index (χ0n) is 15.8. The molecule has 6 heteroatoms. The maximum atomic E-state index is 12.8. The van der Waals surface area contributed by atoms with Crippen molar-refractivity contribution in [2.75, 3.05) is 20.1 Å². The van der Waals surface area contributed by atoms with Gasteiger partial charge in [0.05, 0.1) is 0 Å². The summed E-state index contributed by atoms with van der Waals surface area (Å²) in [5.74, 6) is 1.04. The molecule has 1 aromatic heterocycles. The number of nitrogens with one attached hydrogen (secondary N) is 1. The van der Waals surface area contributed by atoms with Crippen LogP contribution in [0.3, 0.4) is 0 Å². The fraction of sp³-hybridized carbons (Fsp3) is 0.450. The van der Waals surface area contributed by atoms with Crippen molar-refractivity contribution in [1.29, 1.82) is 0 Å². The van der Waals surface area contributed by atoms with Crippen LogP contribution >= 0.6 is 0 Å². The molecule has 0 unspecified atom stereocenters. The summed E-state index contributed by atoms with van der Waals surface area (Å²) in [6.45, 7) is 7.40. The fourth-order valence-electron chi connectivity index (χ4n) is 3.47. The lowest BCUT2D eigenvalue weighted by atomic mass is 10.1. The molecule has 138 valence electrons. The standard InChI is InChI=1S/C20H26N4O2/c1-20(2,3)24-13-14(10-17(24)25)12-23(4)19(26)16-7-5-6-15(11-16)18-21-8-9-22-18/h5-9,11,14H,10,12-13H2,1-4H3,(H,21,22)/t14-/m0/s1. The van der Waals surface area contributed by atoms with Crippen LogP contribution < -0.4 is 0 Å². The highest BCUT2D eigenvalue weighted by Crippen LogP contribution is 2.26. The molecule has 1 atom stereocenters. The SMILES string of the molecule is CN(C[C@@H]1CC(=O)N(C(C)(C)C)C1)C(=O)c1cccc(-c2ncc[nH]2)c1. The third-order valence-electron chi connectivity index (χ3n) is 4.77. The Kier molecular flexibility index (Phi) is 4.85. The van der Waals surface area contributed by atoms with Crippen molar-refractivity contribution >= 4 is 11.8 Å². The molecule has 1 aliphatic heterocycles. The molecule has 0 bridgehead atoms. The normalized spacial score (nSPS) is 17.6. The molecule has 1 saturated heterocycles. The monoisotopic (exact) mass is 354 g/mol. The number of amides is 2. The molecule has 1 fully saturated rings. The number of carbonyl (C=O) groups excluding carboxylic acids is 2. The average Bonchev–Trinajstić information content (AvgIpc) is 3.23. The predicted octanol–water partition coefficient (Wildman–Crippen LogP) is 2.80. The van der Waals surface area contributed by atoms with Crippen LogP contribution in [0.2, 0.25) is 0 Å². The van der Waals surface area contributed by atoms with Gasteiger partial charge in [0.1, 0.15) is 5.82 Å². The summed E-state index contributed by atoms with van der Waals surface area (Å²) in [4.78, 5) is 36.0. The van der Waals surface area contributed by atoms with Gasteiger partial charge in [0.15, 0.2) is 0 Å². The Morgan fingerprint density at radius 2 is 2.15 bits per heavy atom. The van der Waals surface area contributed by atoms with Crippen LogP contribution in [0.25, 0.3) is 11.4 Å². The van der Waals surface area contributed by atoms with Crippen LogP contribution in [0, 0.1) is 5.92 Å². The van der Waals surface area contributed by atoms with E-state index in [1.54, 1.807) is 24.3 Å². The van der Waals surface area contributed by atoms with E-state index in [-0.39, 0.29) is 23.3 Å². The first kappa shape index (κ1) is 18.2. The maximum Gasteiger partial charge on any atom is 0.253 e. The lowest BCUT2D eigenvalue weighted by Crippen LogP contribution is -2.43. The zero-order chi connectivity index (χ0) is 18.9. The van der Waals surface area contributed by atoms with E-state index in [0.29, 0.717) is 25.1 Å². The first-order chi connectivity index (χ1) is 12.3. The summed E-state index contributed by atoms with van der Waals surface area (Å²) >= 11 is 0. The summed E-state index contributed by atoms with van der Waals surface area (Å²) in [7, 11) is 1.80. The number of aromatic nitrogens is 2. The van der Waals surface area contributed by atoms with Crippen molar-refractivity contribution in [2.24, 2.45) is 5.92 Å². The number of likely N-dealkylation sites (tertiary alicyclic amines) is 1. The highest BCUT2D eigenvalue weighted by atomic mass is 16.2. The largest absolute Gasteiger partial charge is 0.345 e. The summed E-state index contributed by atoms with van der Waals surface area (Å²) < 4.78 is 0. The molecule has 1 aliphatic rings. The first-order valence-electron chi connectivity index (χ1n) is 8.91. The lowest BCUT2D eigenvalue weighted by Gasteiger charge is -2.32. The Labute approximate surface area is 154 Å². The van der Waals surface area contributed by atoms with Gasteiger partial charge in [-0.25, -0.2) is 4.98 Å². The minimum Gasteiger partial charge on any atom is -0.345 e. The Hall–Kier alpha value is -2.63. The minimum absolute atomic E-state index is 0.0416. The topological polar surface area (TPSA) is 69.3 Å². The van der Waals surface area contributed by atoms with Crippen molar-refractivity contribution in [2.45, 2.75) is 32.7 Å². The van der Waals surface area contributed by atoms with E-state index in [9.17, 15) is 9.59 Å². The second kappa shape index (κ2) is 6.94. The van der Waals surface area contributed by atoms with E-state index in [1.807, 2.05) is 49.9 Å². The van der Waals surface area contributed by atoms with E-state index >= 15 is 0 Å². The Morgan fingerprint density at radius 1 is 1.38 bits per heavy atom. The molecule has 1 aromatic carbocycles. The summed E-state index contributed by atoms with van der Waals surface area (Å²) in [5.41, 5.74) is 1.33. The molecule has 0 saturated carbocycles. The van der Waals surface area contributed by atoms with E-state index < -0.39 is 0 Å². The van der Waals surface area contributed by atoms with Gasteiger partial charge in [-0.2, -0.15) is 0 Å². The smallest absolute Gasteiger partial charge is 0.253 e. The zero-order valence-corrected chi connectivity index (χ0v) is 15.8. The average molecular weight is 354 g/mol. The highest BCUT2D eigenvalue weighted by molar-refractivity contribution is 5.95. The molecule has 0 spiro atoms. The third-order valence-corrected chi connectivity index (χ3v) is 4.77. The van der Waals surface area contributed by atoms with Crippen molar-refractivity contribution in [3.8, 4) is 11.4 Å². The van der Waals surface area contributed by atoms with E-state index in [2.05, 4.69) is 9.97 Å². The van der Waals surface area contributed by atoms with E-state index in [0.717, 1.165) is 11.4 Å². The van der Waals surface area contributed by atoms with Crippen molar-refractivity contribution in [3.63, 3.8) is 0 Å². The lowest BCUT2D eigenvalue weighted by molar-refractivity contribution is -0.131. The van der Waals surface area contributed by atoms with Gasteiger partial charge in [-0.3, -0.25) is 9.59 Å². The molecule has 3 rings (SSSR count). The molecule has 2 aromatic rings. The van der Waals surface area contributed by atoms with Crippen molar-refractivity contribution in [3.05, 3.63) is 42.2 Å². The van der Waals surface area contributed by atoms with Crippen LogP contribution in [-0.2, 0) is 4.79 Å². The van der Waals surface area contributed by atoms with E-state index in [1.165, 1.54) is 0 Å². The number of hydrogen-bond donors (Lipinski definition) is 1. The Balaban J connectivity index is 1.67.